The van der Waals surface area contributed by atoms with Gasteiger partial charge in [-0.1, -0.05) is 42.0 Å². The van der Waals surface area contributed by atoms with E-state index in [-0.39, 0.29) is 5.91 Å². The highest BCUT2D eigenvalue weighted by molar-refractivity contribution is 5.95. The van der Waals surface area contributed by atoms with Crippen molar-refractivity contribution in [1.82, 2.24) is 0 Å². The van der Waals surface area contributed by atoms with Crippen molar-refractivity contribution in [1.29, 1.82) is 0 Å². The molecule has 0 aromatic heterocycles. The first-order valence-electron chi connectivity index (χ1n) is 6.02. The molecule has 1 amide bonds. The first-order valence-corrected chi connectivity index (χ1v) is 6.02. The minimum atomic E-state index is -0.0425. The molecule has 0 aliphatic carbocycles. The van der Waals surface area contributed by atoms with Gasteiger partial charge in [-0.2, -0.15) is 0 Å². The summed E-state index contributed by atoms with van der Waals surface area (Å²) in [4.78, 5) is 11.3. The lowest BCUT2D eigenvalue weighted by Gasteiger charge is -2.14. The summed E-state index contributed by atoms with van der Waals surface area (Å²) in [5.41, 5.74) is 5.38. The molecule has 0 radical (unpaired) electrons. The van der Waals surface area contributed by atoms with Crippen molar-refractivity contribution >= 4 is 11.6 Å². The van der Waals surface area contributed by atoms with Gasteiger partial charge in [-0.3, -0.25) is 4.79 Å². The van der Waals surface area contributed by atoms with Crippen LogP contribution in [0.1, 0.15) is 18.1 Å². The monoisotopic (exact) mass is 239 g/mol. The number of benzene rings is 2. The number of hydrogen-bond donors (Lipinski definition) is 1. The second-order valence-corrected chi connectivity index (χ2v) is 4.55. The first-order chi connectivity index (χ1) is 8.58. The quantitative estimate of drug-likeness (QED) is 0.845. The van der Waals surface area contributed by atoms with Crippen LogP contribution in [0.3, 0.4) is 0 Å². The number of carbonyl (C=O) groups excluding carboxylic acids is 1. The molecule has 0 unspecified atom stereocenters. The van der Waals surface area contributed by atoms with Crippen LogP contribution in [0.2, 0.25) is 0 Å². The number of anilines is 1. The molecule has 0 spiro atoms. The minimum absolute atomic E-state index is 0.0425. The Hall–Kier alpha value is -2.09. The fourth-order valence-electron chi connectivity index (χ4n) is 2.15. The zero-order chi connectivity index (χ0) is 13.1. The number of carbonyl (C=O) groups is 1. The van der Waals surface area contributed by atoms with E-state index in [0.29, 0.717) is 0 Å². The van der Waals surface area contributed by atoms with Crippen LogP contribution in [-0.4, -0.2) is 5.91 Å². The Morgan fingerprint density at radius 1 is 1.06 bits per heavy atom. The van der Waals surface area contributed by atoms with Gasteiger partial charge in [0.15, 0.2) is 0 Å². The SMILES string of the molecule is CC(=O)Nc1c(C)cc(C)cc1-c1ccccc1. The lowest BCUT2D eigenvalue weighted by atomic mass is 9.98. The molecular formula is C16H17NO. The number of rotatable bonds is 2. The standard InChI is InChI=1S/C16H17NO/c1-11-9-12(2)16(17-13(3)18)15(10-11)14-7-5-4-6-8-14/h4-10H,1-3H3,(H,17,18). The van der Waals surface area contributed by atoms with Crippen LogP contribution in [0.15, 0.2) is 42.5 Å². The van der Waals surface area contributed by atoms with Crippen molar-refractivity contribution in [2.75, 3.05) is 5.32 Å². The van der Waals surface area contributed by atoms with Crippen LogP contribution < -0.4 is 5.32 Å². The third kappa shape index (κ3) is 2.59. The van der Waals surface area contributed by atoms with Crippen LogP contribution in [-0.2, 0) is 4.79 Å². The van der Waals surface area contributed by atoms with E-state index in [4.69, 9.17) is 0 Å². The van der Waals surface area contributed by atoms with E-state index in [1.54, 1.807) is 0 Å². The molecule has 92 valence electrons. The van der Waals surface area contributed by atoms with Crippen molar-refractivity contribution < 1.29 is 4.79 Å². The van der Waals surface area contributed by atoms with Crippen LogP contribution in [0.4, 0.5) is 5.69 Å². The van der Waals surface area contributed by atoms with Gasteiger partial charge in [-0.05, 0) is 31.0 Å². The average Bonchev–Trinajstić information content (AvgIpc) is 2.33. The number of amides is 1. The normalized spacial score (nSPS) is 10.2. The largest absolute Gasteiger partial charge is 0.326 e. The van der Waals surface area contributed by atoms with E-state index in [9.17, 15) is 4.79 Å². The van der Waals surface area contributed by atoms with Gasteiger partial charge in [0.1, 0.15) is 0 Å². The molecule has 2 nitrogen and oxygen atoms in total. The fourth-order valence-corrected chi connectivity index (χ4v) is 2.15. The van der Waals surface area contributed by atoms with Gasteiger partial charge in [-0.25, -0.2) is 0 Å². The van der Waals surface area contributed by atoms with Crippen molar-refractivity contribution in [3.63, 3.8) is 0 Å². The molecule has 0 fully saturated rings. The lowest BCUT2D eigenvalue weighted by Crippen LogP contribution is -2.08. The van der Waals surface area contributed by atoms with Crippen LogP contribution in [0, 0.1) is 13.8 Å². The third-order valence-corrected chi connectivity index (χ3v) is 2.87. The summed E-state index contributed by atoms with van der Waals surface area (Å²) < 4.78 is 0. The Balaban J connectivity index is 2.61. The molecule has 0 bridgehead atoms. The maximum absolute atomic E-state index is 11.3. The van der Waals surface area contributed by atoms with Crippen molar-refractivity contribution in [3.05, 3.63) is 53.6 Å². The minimum Gasteiger partial charge on any atom is -0.326 e. The topological polar surface area (TPSA) is 29.1 Å². The van der Waals surface area contributed by atoms with Gasteiger partial charge >= 0.3 is 0 Å². The molecule has 0 aliphatic rings. The summed E-state index contributed by atoms with van der Waals surface area (Å²) in [5, 5.41) is 2.93. The highest BCUT2D eigenvalue weighted by Crippen LogP contribution is 2.32. The molecule has 2 aromatic carbocycles. The number of nitrogens with one attached hydrogen (secondary N) is 1. The third-order valence-electron chi connectivity index (χ3n) is 2.87. The predicted octanol–water partition coefficient (Wildman–Crippen LogP) is 3.93. The zero-order valence-corrected chi connectivity index (χ0v) is 10.9. The summed E-state index contributed by atoms with van der Waals surface area (Å²) in [5.74, 6) is -0.0425. The molecule has 2 heteroatoms. The highest BCUT2D eigenvalue weighted by atomic mass is 16.1. The van der Waals surface area contributed by atoms with Gasteiger partial charge < -0.3 is 5.32 Å². The Morgan fingerprint density at radius 3 is 2.33 bits per heavy atom. The van der Waals surface area contributed by atoms with Crippen LogP contribution >= 0.6 is 0 Å². The summed E-state index contributed by atoms with van der Waals surface area (Å²) in [6.45, 7) is 5.62. The van der Waals surface area contributed by atoms with E-state index in [1.807, 2.05) is 25.1 Å². The van der Waals surface area contributed by atoms with Crippen molar-refractivity contribution in [2.24, 2.45) is 0 Å². The van der Waals surface area contributed by atoms with Gasteiger partial charge in [-0.15, -0.1) is 0 Å². The summed E-state index contributed by atoms with van der Waals surface area (Å²) in [6.07, 6.45) is 0. The molecule has 18 heavy (non-hydrogen) atoms. The maximum Gasteiger partial charge on any atom is 0.221 e. The summed E-state index contributed by atoms with van der Waals surface area (Å²) in [7, 11) is 0. The average molecular weight is 239 g/mol. The molecule has 0 heterocycles. The van der Waals surface area contributed by atoms with Gasteiger partial charge in [0.2, 0.25) is 5.91 Å². The second-order valence-electron chi connectivity index (χ2n) is 4.55. The van der Waals surface area contributed by atoms with E-state index < -0.39 is 0 Å². The van der Waals surface area contributed by atoms with Crippen LogP contribution in [0.5, 0.6) is 0 Å². The van der Waals surface area contributed by atoms with Crippen LogP contribution in [0.25, 0.3) is 11.1 Å². The van der Waals surface area contributed by atoms with Crippen molar-refractivity contribution in [3.8, 4) is 11.1 Å². The summed E-state index contributed by atoms with van der Waals surface area (Å²) >= 11 is 0. The maximum atomic E-state index is 11.3. The molecule has 2 aromatic rings. The smallest absolute Gasteiger partial charge is 0.221 e. The first kappa shape index (κ1) is 12.4. The van der Waals surface area contributed by atoms with Gasteiger partial charge in [0.25, 0.3) is 0 Å². The molecule has 0 saturated carbocycles. The number of hydrogen-bond acceptors (Lipinski definition) is 1. The summed E-state index contributed by atoms with van der Waals surface area (Å²) in [6, 6.07) is 14.3. The van der Waals surface area contributed by atoms with E-state index in [0.717, 1.165) is 22.4 Å². The zero-order valence-electron chi connectivity index (χ0n) is 10.9. The van der Waals surface area contributed by atoms with E-state index in [2.05, 4.69) is 36.5 Å². The van der Waals surface area contributed by atoms with E-state index >= 15 is 0 Å². The Morgan fingerprint density at radius 2 is 1.72 bits per heavy atom. The molecule has 0 aliphatic heterocycles. The molecule has 1 N–H and O–H groups in total. The van der Waals surface area contributed by atoms with Crippen molar-refractivity contribution in [2.45, 2.75) is 20.8 Å². The molecule has 0 saturated heterocycles. The Kier molecular flexibility index (Phi) is 3.47. The van der Waals surface area contributed by atoms with Gasteiger partial charge in [0.05, 0.1) is 5.69 Å². The highest BCUT2D eigenvalue weighted by Gasteiger charge is 2.10. The molecular weight excluding hydrogens is 222 g/mol. The fraction of sp³-hybridized carbons (Fsp3) is 0.188. The Bertz CT molecular complexity index is 573. The Labute approximate surface area is 108 Å². The molecule has 0 atom stereocenters. The number of aryl methyl sites for hydroxylation is 2. The lowest BCUT2D eigenvalue weighted by molar-refractivity contribution is -0.114. The second kappa shape index (κ2) is 5.05. The van der Waals surface area contributed by atoms with E-state index in [1.165, 1.54) is 12.5 Å². The van der Waals surface area contributed by atoms with Gasteiger partial charge in [0, 0.05) is 12.5 Å². The predicted molar refractivity (Wildman–Crippen MR) is 75.7 cm³/mol. The molecule has 2 rings (SSSR count).